The molecule has 0 spiro atoms. The predicted octanol–water partition coefficient (Wildman–Crippen LogP) is 4.30. The maximum atomic E-state index is 13.2. The van der Waals surface area contributed by atoms with E-state index in [4.69, 9.17) is 4.98 Å². The number of benzene rings is 1. The third-order valence-corrected chi connectivity index (χ3v) is 6.37. The zero-order chi connectivity index (χ0) is 19.5. The van der Waals surface area contributed by atoms with Crippen LogP contribution in [0, 0.1) is 5.82 Å². The van der Waals surface area contributed by atoms with Crippen LogP contribution in [0.1, 0.15) is 43.1 Å². The van der Waals surface area contributed by atoms with Gasteiger partial charge in [0.05, 0.1) is 16.7 Å². The van der Waals surface area contributed by atoms with Crippen molar-refractivity contribution >= 4 is 17.0 Å². The van der Waals surface area contributed by atoms with Crippen molar-refractivity contribution in [2.75, 3.05) is 0 Å². The number of pyridine rings is 1. The van der Waals surface area contributed by atoms with E-state index < -0.39 is 5.60 Å². The van der Waals surface area contributed by atoms with Gasteiger partial charge in [0.1, 0.15) is 10.8 Å². The molecule has 28 heavy (non-hydrogen) atoms. The van der Waals surface area contributed by atoms with Crippen LogP contribution < -0.4 is 0 Å². The van der Waals surface area contributed by atoms with Crippen molar-refractivity contribution in [2.24, 2.45) is 0 Å². The smallest absolute Gasteiger partial charge is 0.166 e. The summed E-state index contributed by atoms with van der Waals surface area (Å²) in [6, 6.07) is 10.2. The fraction of sp³-hybridized carbons (Fsp3) is 0.286. The van der Waals surface area contributed by atoms with Crippen LogP contribution in [0.15, 0.2) is 48.0 Å². The number of thiazole rings is 1. The van der Waals surface area contributed by atoms with Gasteiger partial charge in [-0.05, 0) is 57.0 Å². The Hall–Kier alpha value is -2.64. The lowest BCUT2D eigenvalue weighted by atomic mass is 9.99. The van der Waals surface area contributed by atoms with Gasteiger partial charge in [-0.2, -0.15) is 0 Å². The summed E-state index contributed by atoms with van der Waals surface area (Å²) in [5, 5.41) is 22.3. The quantitative estimate of drug-likeness (QED) is 0.561. The molecular weight excluding hydrogens is 375 g/mol. The molecule has 0 bridgehead atoms. The van der Waals surface area contributed by atoms with Crippen LogP contribution >= 0.6 is 11.3 Å². The van der Waals surface area contributed by atoms with Gasteiger partial charge in [-0.1, -0.05) is 6.07 Å². The van der Waals surface area contributed by atoms with Gasteiger partial charge in [0.15, 0.2) is 11.5 Å². The Morgan fingerprint density at radius 2 is 1.89 bits per heavy atom. The Bertz CT molecular complexity index is 1170. The molecule has 142 valence electrons. The van der Waals surface area contributed by atoms with Gasteiger partial charge in [-0.3, -0.25) is 4.40 Å². The molecule has 1 saturated carbocycles. The van der Waals surface area contributed by atoms with Gasteiger partial charge in [-0.15, -0.1) is 21.5 Å². The first kappa shape index (κ1) is 17.5. The summed E-state index contributed by atoms with van der Waals surface area (Å²) in [6.07, 6.45) is 3.85. The fourth-order valence-electron chi connectivity index (χ4n) is 3.62. The summed E-state index contributed by atoms with van der Waals surface area (Å²) in [5.41, 5.74) is 1.91. The number of nitrogens with zero attached hydrogens (tertiary/aromatic N) is 4. The van der Waals surface area contributed by atoms with E-state index in [2.05, 4.69) is 10.2 Å². The van der Waals surface area contributed by atoms with Crippen molar-refractivity contribution in [2.45, 2.75) is 37.7 Å². The van der Waals surface area contributed by atoms with Crippen molar-refractivity contribution in [1.29, 1.82) is 0 Å². The van der Waals surface area contributed by atoms with Gasteiger partial charge in [0.25, 0.3) is 0 Å². The van der Waals surface area contributed by atoms with E-state index in [1.807, 2.05) is 28.1 Å². The first-order valence-electron chi connectivity index (χ1n) is 9.17. The average Bonchev–Trinajstić information content (AvgIpc) is 3.12. The number of aromatic nitrogens is 4. The van der Waals surface area contributed by atoms with Gasteiger partial charge in [0, 0.05) is 22.7 Å². The second kappa shape index (κ2) is 5.93. The molecular formula is C21H19FN4OS. The minimum absolute atomic E-state index is 0.249. The van der Waals surface area contributed by atoms with Gasteiger partial charge in [-0.25, -0.2) is 9.37 Å². The van der Waals surface area contributed by atoms with Gasteiger partial charge in [0.2, 0.25) is 0 Å². The lowest BCUT2D eigenvalue weighted by molar-refractivity contribution is 0.0796. The minimum atomic E-state index is -1.000. The molecule has 0 atom stereocenters. The second-order valence-electron chi connectivity index (χ2n) is 7.82. The summed E-state index contributed by atoms with van der Waals surface area (Å²) in [7, 11) is 0. The number of hydrogen-bond acceptors (Lipinski definition) is 5. The zero-order valence-corrected chi connectivity index (χ0v) is 16.4. The second-order valence-corrected chi connectivity index (χ2v) is 8.68. The normalized spacial score (nSPS) is 15.9. The third kappa shape index (κ3) is 2.65. The third-order valence-electron chi connectivity index (χ3n) is 5.33. The lowest BCUT2D eigenvalue weighted by Crippen LogP contribution is -2.18. The van der Waals surface area contributed by atoms with E-state index in [0.717, 1.165) is 40.5 Å². The maximum Gasteiger partial charge on any atom is 0.166 e. The molecule has 3 heterocycles. The van der Waals surface area contributed by atoms with E-state index in [-0.39, 0.29) is 11.2 Å². The van der Waals surface area contributed by atoms with Crippen molar-refractivity contribution in [3.63, 3.8) is 0 Å². The molecule has 1 fully saturated rings. The first-order valence-corrected chi connectivity index (χ1v) is 10.1. The molecule has 7 heteroatoms. The van der Waals surface area contributed by atoms with Crippen molar-refractivity contribution in [3.8, 4) is 11.3 Å². The molecule has 0 unspecified atom stereocenters. The lowest BCUT2D eigenvalue weighted by Gasteiger charge is -2.18. The summed E-state index contributed by atoms with van der Waals surface area (Å²) in [4.78, 5) is 4.84. The Morgan fingerprint density at radius 1 is 1.14 bits per heavy atom. The summed E-state index contributed by atoms with van der Waals surface area (Å²) in [6.45, 7) is 3.50. The summed E-state index contributed by atoms with van der Waals surface area (Å²) < 4.78 is 15.2. The molecule has 0 radical (unpaired) electrons. The van der Waals surface area contributed by atoms with E-state index in [0.29, 0.717) is 5.65 Å². The first-order chi connectivity index (χ1) is 13.4. The van der Waals surface area contributed by atoms with E-state index in [1.165, 1.54) is 12.1 Å². The molecule has 3 aromatic heterocycles. The number of aliphatic hydroxyl groups is 1. The number of halogens is 1. The van der Waals surface area contributed by atoms with Crippen LogP contribution in [-0.4, -0.2) is 24.7 Å². The molecule has 0 saturated heterocycles. The average molecular weight is 394 g/mol. The highest BCUT2D eigenvalue weighted by Gasteiger charge is 2.52. The maximum absolute atomic E-state index is 13.2. The highest BCUT2D eigenvalue weighted by Crippen LogP contribution is 2.54. The van der Waals surface area contributed by atoms with Crippen LogP contribution in [0.3, 0.4) is 0 Å². The highest BCUT2D eigenvalue weighted by molar-refractivity contribution is 7.10. The molecule has 0 amide bonds. The SMILES string of the molecule is CC(C)(O)c1cccn2c(C3(c4nc(-c5ccc(F)cc5)cs4)CC3)nnc12. The molecule has 5 rings (SSSR count). The Kier molecular flexibility index (Phi) is 3.70. The van der Waals surface area contributed by atoms with E-state index >= 15 is 0 Å². The highest BCUT2D eigenvalue weighted by atomic mass is 32.1. The molecule has 1 aliphatic carbocycles. The topological polar surface area (TPSA) is 63.3 Å². The van der Waals surface area contributed by atoms with Crippen LogP contribution in [0.4, 0.5) is 4.39 Å². The largest absolute Gasteiger partial charge is 0.386 e. The Balaban J connectivity index is 1.58. The predicted molar refractivity (Wildman–Crippen MR) is 106 cm³/mol. The summed E-state index contributed by atoms with van der Waals surface area (Å²) in [5.74, 6) is 0.601. The number of rotatable bonds is 4. The van der Waals surface area contributed by atoms with Crippen LogP contribution in [0.2, 0.25) is 0 Å². The van der Waals surface area contributed by atoms with E-state index in [1.54, 1.807) is 37.3 Å². The van der Waals surface area contributed by atoms with Crippen LogP contribution in [0.25, 0.3) is 16.9 Å². The monoisotopic (exact) mass is 394 g/mol. The van der Waals surface area contributed by atoms with Crippen molar-refractivity contribution in [1.82, 2.24) is 19.6 Å². The number of hydrogen-bond donors (Lipinski definition) is 1. The molecule has 1 N–H and O–H groups in total. The van der Waals surface area contributed by atoms with Crippen molar-refractivity contribution in [3.05, 3.63) is 70.2 Å². The fourth-order valence-corrected chi connectivity index (χ4v) is 4.71. The Labute approximate surface area is 165 Å². The Morgan fingerprint density at radius 3 is 2.57 bits per heavy atom. The molecule has 0 aliphatic heterocycles. The summed E-state index contributed by atoms with van der Waals surface area (Å²) >= 11 is 1.60. The van der Waals surface area contributed by atoms with Gasteiger partial charge >= 0.3 is 0 Å². The minimum Gasteiger partial charge on any atom is -0.386 e. The number of fused-ring (bicyclic) bond motifs is 1. The molecule has 1 aliphatic rings. The zero-order valence-electron chi connectivity index (χ0n) is 15.6. The molecule has 5 nitrogen and oxygen atoms in total. The van der Waals surface area contributed by atoms with Gasteiger partial charge < -0.3 is 5.11 Å². The standard InChI is InChI=1S/C21H19FN4OS/c1-20(2,27)15-4-3-11-26-17(15)24-25-18(26)21(9-10-21)19-23-16(12-28-19)13-5-7-14(22)8-6-13/h3-8,11-12,27H,9-10H2,1-2H3. The molecule has 4 aromatic rings. The molecule has 1 aromatic carbocycles. The van der Waals surface area contributed by atoms with Crippen molar-refractivity contribution < 1.29 is 9.50 Å². The van der Waals surface area contributed by atoms with E-state index in [9.17, 15) is 9.50 Å². The van der Waals surface area contributed by atoms with Crippen LogP contribution in [0.5, 0.6) is 0 Å². The van der Waals surface area contributed by atoms with Crippen LogP contribution in [-0.2, 0) is 11.0 Å².